The number of nitrogens with two attached hydrogens (primary N) is 1. The van der Waals surface area contributed by atoms with E-state index in [0.717, 1.165) is 4.90 Å². The molecule has 0 heterocycles. The molecule has 1 aromatic carbocycles. The third-order valence-electron chi connectivity index (χ3n) is 3.23. The molecule has 0 spiro atoms. The van der Waals surface area contributed by atoms with Crippen LogP contribution in [0.15, 0.2) is 23.1 Å². The number of hydrogen-bond donors (Lipinski definition) is 2. The van der Waals surface area contributed by atoms with Crippen LogP contribution in [0.3, 0.4) is 0 Å². The lowest BCUT2D eigenvalue weighted by molar-refractivity contribution is -0.119. The number of nitrogen functional groups attached to an aromatic ring is 1. The summed E-state index contributed by atoms with van der Waals surface area (Å²) in [6.07, 6.45) is -3.11. The number of nitrogens with zero attached hydrogens (tertiary/aromatic N) is 1. The maximum Gasteiger partial charge on any atom is 0.405 e. The van der Waals surface area contributed by atoms with Gasteiger partial charge in [-0.3, -0.25) is 0 Å². The van der Waals surface area contributed by atoms with Crippen molar-refractivity contribution in [1.29, 1.82) is 0 Å². The molecule has 1 aliphatic rings. The Morgan fingerprint density at radius 1 is 1.38 bits per heavy atom. The van der Waals surface area contributed by atoms with E-state index in [1.54, 1.807) is 0 Å². The molecule has 2 rings (SSSR count). The number of benzene rings is 1. The molecular formula is C12H16F3N3O2S. The summed E-state index contributed by atoms with van der Waals surface area (Å²) in [7, 11) is -2.50. The SMILES string of the molecule is CNS(=O)(=O)c1ccc(N)c(N(CC(F)(F)F)C2CC2)c1. The maximum atomic E-state index is 12.7. The Morgan fingerprint density at radius 3 is 2.48 bits per heavy atom. The van der Waals surface area contributed by atoms with Crippen LogP contribution in [0, 0.1) is 0 Å². The van der Waals surface area contributed by atoms with E-state index in [9.17, 15) is 21.6 Å². The molecule has 0 aromatic heterocycles. The molecule has 0 unspecified atom stereocenters. The number of sulfonamides is 1. The molecule has 5 nitrogen and oxygen atoms in total. The van der Waals surface area contributed by atoms with E-state index >= 15 is 0 Å². The van der Waals surface area contributed by atoms with Crippen molar-refractivity contribution >= 4 is 21.4 Å². The van der Waals surface area contributed by atoms with Gasteiger partial charge in [0.2, 0.25) is 10.0 Å². The van der Waals surface area contributed by atoms with E-state index in [1.165, 1.54) is 25.2 Å². The summed E-state index contributed by atoms with van der Waals surface area (Å²) in [5.74, 6) is 0. The van der Waals surface area contributed by atoms with Gasteiger partial charge in [-0.25, -0.2) is 13.1 Å². The highest BCUT2D eigenvalue weighted by Crippen LogP contribution is 2.38. The fourth-order valence-corrected chi connectivity index (χ4v) is 2.80. The van der Waals surface area contributed by atoms with Gasteiger partial charge < -0.3 is 10.6 Å². The first-order valence-corrected chi connectivity index (χ1v) is 7.79. The molecule has 21 heavy (non-hydrogen) atoms. The van der Waals surface area contributed by atoms with E-state index < -0.39 is 22.7 Å². The molecule has 0 saturated heterocycles. The molecule has 1 aliphatic carbocycles. The van der Waals surface area contributed by atoms with Gasteiger partial charge >= 0.3 is 6.18 Å². The monoisotopic (exact) mass is 323 g/mol. The zero-order valence-electron chi connectivity index (χ0n) is 11.3. The second-order valence-corrected chi connectivity index (χ2v) is 6.79. The normalized spacial score (nSPS) is 16.0. The first kappa shape index (κ1) is 15.9. The van der Waals surface area contributed by atoms with E-state index in [-0.39, 0.29) is 22.3 Å². The molecule has 0 radical (unpaired) electrons. The van der Waals surface area contributed by atoms with Crippen LogP contribution in [0.4, 0.5) is 24.5 Å². The molecule has 0 aliphatic heterocycles. The summed E-state index contributed by atoms with van der Waals surface area (Å²) in [5.41, 5.74) is 5.96. The fourth-order valence-electron chi connectivity index (χ4n) is 2.05. The zero-order chi connectivity index (χ0) is 15.8. The minimum absolute atomic E-state index is 0.103. The van der Waals surface area contributed by atoms with Gasteiger partial charge in [0.1, 0.15) is 6.54 Å². The molecule has 1 aromatic rings. The van der Waals surface area contributed by atoms with Gasteiger partial charge in [-0.1, -0.05) is 0 Å². The topological polar surface area (TPSA) is 75.4 Å². The van der Waals surface area contributed by atoms with Crippen molar-refractivity contribution in [1.82, 2.24) is 4.72 Å². The van der Waals surface area contributed by atoms with Gasteiger partial charge in [0, 0.05) is 6.04 Å². The van der Waals surface area contributed by atoms with Crippen LogP contribution in [0.25, 0.3) is 0 Å². The van der Waals surface area contributed by atoms with E-state index in [4.69, 9.17) is 5.73 Å². The highest BCUT2D eigenvalue weighted by atomic mass is 32.2. The van der Waals surface area contributed by atoms with Gasteiger partial charge in [-0.15, -0.1) is 0 Å². The third kappa shape index (κ3) is 3.79. The summed E-state index contributed by atoms with van der Waals surface area (Å²) < 4.78 is 63.8. The minimum atomic E-state index is -4.38. The van der Waals surface area contributed by atoms with Crippen molar-refractivity contribution in [2.45, 2.75) is 30.0 Å². The molecule has 0 atom stereocenters. The first-order valence-electron chi connectivity index (χ1n) is 6.30. The molecule has 0 bridgehead atoms. The quantitative estimate of drug-likeness (QED) is 0.809. The number of halogens is 3. The van der Waals surface area contributed by atoms with Crippen LogP contribution >= 0.6 is 0 Å². The van der Waals surface area contributed by atoms with Crippen LogP contribution in [-0.4, -0.2) is 34.2 Å². The van der Waals surface area contributed by atoms with Gasteiger partial charge in [0.15, 0.2) is 0 Å². The van der Waals surface area contributed by atoms with Crippen molar-refractivity contribution in [2.24, 2.45) is 0 Å². The predicted molar refractivity (Wildman–Crippen MR) is 73.5 cm³/mol. The number of rotatable bonds is 5. The van der Waals surface area contributed by atoms with Gasteiger partial charge in [-0.05, 0) is 38.1 Å². The van der Waals surface area contributed by atoms with Gasteiger partial charge in [0.25, 0.3) is 0 Å². The summed E-state index contributed by atoms with van der Waals surface area (Å²) in [6, 6.07) is 3.52. The Balaban J connectivity index is 2.43. The number of anilines is 2. The van der Waals surface area contributed by atoms with Crippen molar-refractivity contribution in [3.8, 4) is 0 Å². The lowest BCUT2D eigenvalue weighted by atomic mass is 10.2. The summed E-state index contributed by atoms with van der Waals surface area (Å²) in [5, 5.41) is 0. The molecule has 0 amide bonds. The van der Waals surface area contributed by atoms with Crippen LogP contribution < -0.4 is 15.4 Å². The Hall–Kier alpha value is -1.48. The van der Waals surface area contributed by atoms with Crippen molar-refractivity contribution in [2.75, 3.05) is 24.2 Å². The fraction of sp³-hybridized carbons (Fsp3) is 0.500. The second kappa shape index (κ2) is 5.38. The molecular weight excluding hydrogens is 307 g/mol. The van der Waals surface area contributed by atoms with Crippen molar-refractivity contribution in [3.05, 3.63) is 18.2 Å². The Kier molecular flexibility index (Phi) is 4.07. The first-order chi connectivity index (χ1) is 9.64. The smallest absolute Gasteiger partial charge is 0.397 e. The lowest BCUT2D eigenvalue weighted by Gasteiger charge is -2.27. The summed E-state index contributed by atoms with van der Waals surface area (Å²) >= 11 is 0. The van der Waals surface area contributed by atoms with Crippen LogP contribution in [0.2, 0.25) is 0 Å². The standard InChI is InChI=1S/C12H16F3N3O2S/c1-17-21(19,20)9-4-5-10(16)11(6-9)18(8-2-3-8)7-12(13,14)15/h4-6,8,17H,2-3,7,16H2,1H3. The largest absolute Gasteiger partial charge is 0.405 e. The number of hydrogen-bond acceptors (Lipinski definition) is 4. The number of alkyl halides is 3. The Morgan fingerprint density at radius 2 is 2.00 bits per heavy atom. The van der Waals surface area contributed by atoms with E-state index in [0.29, 0.717) is 12.8 Å². The molecule has 1 fully saturated rings. The molecule has 1 saturated carbocycles. The molecule has 118 valence electrons. The van der Waals surface area contributed by atoms with Crippen LogP contribution in [0.5, 0.6) is 0 Å². The van der Waals surface area contributed by atoms with Gasteiger partial charge in [-0.2, -0.15) is 13.2 Å². The lowest BCUT2D eigenvalue weighted by Crippen LogP contribution is -2.36. The highest BCUT2D eigenvalue weighted by Gasteiger charge is 2.39. The summed E-state index contributed by atoms with van der Waals surface area (Å²) in [6.45, 7) is -1.15. The zero-order valence-corrected chi connectivity index (χ0v) is 12.1. The Labute approximate surface area is 121 Å². The minimum Gasteiger partial charge on any atom is -0.397 e. The average molecular weight is 323 g/mol. The maximum absolute atomic E-state index is 12.7. The third-order valence-corrected chi connectivity index (χ3v) is 4.64. The van der Waals surface area contributed by atoms with Crippen LogP contribution in [0.1, 0.15) is 12.8 Å². The van der Waals surface area contributed by atoms with E-state index in [2.05, 4.69) is 4.72 Å². The van der Waals surface area contributed by atoms with Crippen LogP contribution in [-0.2, 0) is 10.0 Å². The molecule has 9 heteroatoms. The highest BCUT2D eigenvalue weighted by molar-refractivity contribution is 7.89. The average Bonchev–Trinajstić information content (AvgIpc) is 3.19. The van der Waals surface area contributed by atoms with Crippen molar-refractivity contribution in [3.63, 3.8) is 0 Å². The second-order valence-electron chi connectivity index (χ2n) is 4.90. The predicted octanol–water partition coefficient (Wildman–Crippen LogP) is 1.71. The van der Waals surface area contributed by atoms with E-state index in [1.807, 2.05) is 0 Å². The molecule has 3 N–H and O–H groups in total. The number of nitrogens with one attached hydrogen (secondary N) is 1. The summed E-state index contributed by atoms with van der Waals surface area (Å²) in [4.78, 5) is 1.02. The van der Waals surface area contributed by atoms with Crippen molar-refractivity contribution < 1.29 is 21.6 Å². The van der Waals surface area contributed by atoms with Gasteiger partial charge in [0.05, 0.1) is 16.3 Å². The Bertz CT molecular complexity index is 627.